The minimum atomic E-state index is -4.06. The van der Waals surface area contributed by atoms with Gasteiger partial charge in [-0.15, -0.1) is 0 Å². The molecule has 2 unspecified atom stereocenters. The molecule has 1 amide bonds. The maximum Gasteiger partial charge on any atom is 0.407 e. The lowest BCUT2D eigenvalue weighted by Crippen LogP contribution is -2.52. The van der Waals surface area contributed by atoms with Gasteiger partial charge in [-0.3, -0.25) is 0 Å². The molecular formula is C32H48N2O8S. The molecule has 1 aliphatic heterocycles. The van der Waals surface area contributed by atoms with Gasteiger partial charge in [-0.2, -0.15) is 4.31 Å². The SMILES string of the molecule is COc1ccc(S(=O)(=O)N(CC(O)C(Cc2ccccc2)NC(=O)OC(C)(C)C)CC(C)(C)CCC2(C)OCCO2)cc1. The molecule has 0 aliphatic carbocycles. The molecule has 2 N–H and O–H groups in total. The van der Waals surface area contributed by atoms with Gasteiger partial charge in [0, 0.05) is 19.5 Å². The first kappa shape index (κ1) is 34.8. The highest BCUT2D eigenvalue weighted by Gasteiger charge is 2.38. The summed E-state index contributed by atoms with van der Waals surface area (Å²) >= 11 is 0. The molecule has 43 heavy (non-hydrogen) atoms. The lowest BCUT2D eigenvalue weighted by molar-refractivity contribution is -0.151. The van der Waals surface area contributed by atoms with Crippen molar-refractivity contribution in [3.05, 3.63) is 60.2 Å². The molecule has 3 rings (SSSR count). The van der Waals surface area contributed by atoms with E-state index in [1.807, 2.05) is 51.1 Å². The van der Waals surface area contributed by atoms with Crippen molar-refractivity contribution in [2.24, 2.45) is 5.41 Å². The highest BCUT2D eigenvalue weighted by atomic mass is 32.2. The van der Waals surface area contributed by atoms with Crippen molar-refractivity contribution in [2.75, 3.05) is 33.4 Å². The van der Waals surface area contributed by atoms with Crippen LogP contribution in [0.2, 0.25) is 0 Å². The third-order valence-electron chi connectivity index (χ3n) is 7.31. The van der Waals surface area contributed by atoms with Crippen LogP contribution in [-0.2, 0) is 30.7 Å². The van der Waals surface area contributed by atoms with Gasteiger partial charge in [0.05, 0.1) is 37.4 Å². The molecule has 10 nitrogen and oxygen atoms in total. The number of alkyl carbamates (subject to hydrolysis) is 1. The number of aliphatic hydroxyl groups is 1. The van der Waals surface area contributed by atoms with Crippen LogP contribution in [-0.4, -0.2) is 80.9 Å². The van der Waals surface area contributed by atoms with E-state index in [1.54, 1.807) is 32.9 Å². The van der Waals surface area contributed by atoms with E-state index in [4.69, 9.17) is 18.9 Å². The maximum atomic E-state index is 14.1. The van der Waals surface area contributed by atoms with Crippen LogP contribution in [0.5, 0.6) is 5.75 Å². The van der Waals surface area contributed by atoms with E-state index >= 15 is 0 Å². The third kappa shape index (κ3) is 10.8. The van der Waals surface area contributed by atoms with Crippen LogP contribution in [0.1, 0.15) is 59.9 Å². The first-order valence-electron chi connectivity index (χ1n) is 14.7. The van der Waals surface area contributed by atoms with Crippen LogP contribution in [0.25, 0.3) is 0 Å². The average molecular weight is 621 g/mol. The fraction of sp³-hybridized carbons (Fsp3) is 0.594. The van der Waals surface area contributed by atoms with Crippen molar-refractivity contribution < 1.29 is 37.3 Å². The Morgan fingerprint density at radius 1 is 1.05 bits per heavy atom. The van der Waals surface area contributed by atoms with E-state index < -0.39 is 45.1 Å². The monoisotopic (exact) mass is 620 g/mol. The van der Waals surface area contributed by atoms with Gasteiger partial charge in [-0.25, -0.2) is 13.2 Å². The molecule has 240 valence electrons. The van der Waals surface area contributed by atoms with E-state index in [2.05, 4.69) is 5.32 Å². The zero-order valence-corrected chi connectivity index (χ0v) is 27.3. The Hall–Kier alpha value is -2.70. The highest BCUT2D eigenvalue weighted by Crippen LogP contribution is 2.33. The fourth-order valence-corrected chi connectivity index (χ4v) is 6.56. The minimum absolute atomic E-state index is 0.0745. The Bertz CT molecular complexity index is 1270. The fourth-order valence-electron chi connectivity index (χ4n) is 4.91. The van der Waals surface area contributed by atoms with E-state index in [1.165, 1.54) is 23.5 Å². The van der Waals surface area contributed by atoms with Gasteiger partial charge in [0.2, 0.25) is 10.0 Å². The highest BCUT2D eigenvalue weighted by molar-refractivity contribution is 7.89. The second-order valence-electron chi connectivity index (χ2n) is 13.0. The summed E-state index contributed by atoms with van der Waals surface area (Å²) in [5.41, 5.74) is -0.383. The minimum Gasteiger partial charge on any atom is -0.497 e. The Labute approximate surface area is 256 Å². The van der Waals surface area contributed by atoms with Crippen molar-refractivity contribution in [3.63, 3.8) is 0 Å². The number of rotatable bonds is 14. The molecule has 0 aromatic heterocycles. The molecule has 2 atom stereocenters. The molecule has 1 saturated heterocycles. The molecule has 1 fully saturated rings. The largest absolute Gasteiger partial charge is 0.497 e. The summed E-state index contributed by atoms with van der Waals surface area (Å²) in [6.07, 6.45) is -0.486. The first-order chi connectivity index (χ1) is 20.0. The van der Waals surface area contributed by atoms with Crippen molar-refractivity contribution in [3.8, 4) is 5.75 Å². The Morgan fingerprint density at radius 3 is 2.21 bits per heavy atom. The topological polar surface area (TPSA) is 124 Å². The number of methoxy groups -OCH3 is 1. The van der Waals surface area contributed by atoms with Gasteiger partial charge >= 0.3 is 6.09 Å². The molecule has 0 spiro atoms. The lowest BCUT2D eigenvalue weighted by Gasteiger charge is -2.36. The number of nitrogens with one attached hydrogen (secondary N) is 1. The van der Waals surface area contributed by atoms with Crippen molar-refractivity contribution in [2.45, 2.75) is 89.2 Å². The number of benzene rings is 2. The third-order valence-corrected chi connectivity index (χ3v) is 9.14. The summed E-state index contributed by atoms with van der Waals surface area (Å²) in [5.74, 6) is -0.186. The smallest absolute Gasteiger partial charge is 0.407 e. The van der Waals surface area contributed by atoms with Gasteiger partial charge in [-0.1, -0.05) is 44.2 Å². The lowest BCUT2D eigenvalue weighted by atomic mass is 9.86. The van der Waals surface area contributed by atoms with Crippen molar-refractivity contribution in [1.82, 2.24) is 9.62 Å². The standard InChI is InChI=1S/C32H48N2O8S/c1-30(2,3)42-29(36)33-27(21-24-11-9-8-10-12-24)28(35)22-34(43(37,38)26-15-13-25(39-7)14-16-26)23-31(4,5)17-18-32(6)40-19-20-41-32/h8-16,27-28,35H,17-23H2,1-7H3,(H,33,36). The Morgan fingerprint density at radius 2 is 1.65 bits per heavy atom. The molecule has 0 radical (unpaired) electrons. The number of sulfonamides is 1. The van der Waals surface area contributed by atoms with E-state index in [-0.39, 0.29) is 24.4 Å². The van der Waals surface area contributed by atoms with Crippen LogP contribution in [0.15, 0.2) is 59.5 Å². The molecule has 1 aliphatic rings. The normalized spacial score (nSPS) is 17.0. The maximum absolute atomic E-state index is 14.1. The van der Waals surface area contributed by atoms with E-state index in [0.717, 1.165) is 5.56 Å². The average Bonchev–Trinajstić information content (AvgIpc) is 3.37. The molecule has 2 aromatic carbocycles. The number of carbonyl (C=O) groups is 1. The zero-order valence-electron chi connectivity index (χ0n) is 26.5. The summed E-state index contributed by atoms with van der Waals surface area (Å²) in [6.45, 7) is 12.0. The Balaban J connectivity index is 1.90. The summed E-state index contributed by atoms with van der Waals surface area (Å²) in [5, 5.41) is 14.4. The summed E-state index contributed by atoms with van der Waals surface area (Å²) < 4.78 is 51.6. The molecule has 2 aromatic rings. The van der Waals surface area contributed by atoms with Gasteiger partial charge in [0.1, 0.15) is 11.4 Å². The van der Waals surface area contributed by atoms with Gasteiger partial charge < -0.3 is 29.4 Å². The molecule has 1 heterocycles. The van der Waals surface area contributed by atoms with E-state index in [0.29, 0.717) is 31.8 Å². The predicted octanol–water partition coefficient (Wildman–Crippen LogP) is 4.75. The van der Waals surface area contributed by atoms with Crippen molar-refractivity contribution in [1.29, 1.82) is 0 Å². The van der Waals surface area contributed by atoms with Gasteiger partial charge in [-0.05, 0) is 75.8 Å². The predicted molar refractivity (Wildman–Crippen MR) is 164 cm³/mol. The number of carbonyl (C=O) groups excluding carboxylic acids is 1. The molecule has 11 heteroatoms. The summed E-state index contributed by atoms with van der Waals surface area (Å²) in [7, 11) is -2.55. The van der Waals surface area contributed by atoms with Crippen LogP contribution in [0.4, 0.5) is 4.79 Å². The second-order valence-corrected chi connectivity index (χ2v) is 14.9. The number of aliphatic hydroxyl groups excluding tert-OH is 1. The van der Waals surface area contributed by atoms with E-state index in [9.17, 15) is 18.3 Å². The second kappa shape index (κ2) is 14.4. The number of hydrogen-bond donors (Lipinski definition) is 2. The van der Waals surface area contributed by atoms with Gasteiger partial charge in [0.25, 0.3) is 0 Å². The van der Waals surface area contributed by atoms with Crippen LogP contribution in [0, 0.1) is 5.41 Å². The Kier molecular flexibility index (Phi) is 11.6. The van der Waals surface area contributed by atoms with Crippen LogP contribution < -0.4 is 10.1 Å². The number of ether oxygens (including phenoxy) is 4. The number of hydrogen-bond acceptors (Lipinski definition) is 8. The first-order valence-corrected chi connectivity index (χ1v) is 16.1. The van der Waals surface area contributed by atoms with Crippen molar-refractivity contribution >= 4 is 16.1 Å². The van der Waals surface area contributed by atoms with Crippen LogP contribution in [0.3, 0.4) is 0 Å². The molecular weight excluding hydrogens is 572 g/mol. The summed E-state index contributed by atoms with van der Waals surface area (Å²) in [6, 6.07) is 14.7. The number of amides is 1. The van der Waals surface area contributed by atoms with Crippen LogP contribution >= 0.6 is 0 Å². The summed E-state index contributed by atoms with van der Waals surface area (Å²) in [4.78, 5) is 12.9. The quantitative estimate of drug-likeness (QED) is 0.310. The zero-order chi connectivity index (χ0) is 31.9. The van der Waals surface area contributed by atoms with Gasteiger partial charge in [0.15, 0.2) is 5.79 Å². The molecule has 0 bridgehead atoms. The molecule has 0 saturated carbocycles. The number of nitrogens with zero attached hydrogens (tertiary/aromatic N) is 1.